The summed E-state index contributed by atoms with van der Waals surface area (Å²) in [5.74, 6) is -0.0674. The van der Waals surface area contributed by atoms with E-state index in [2.05, 4.69) is 0 Å². The van der Waals surface area contributed by atoms with Gasteiger partial charge < -0.3 is 0 Å². The number of hydrogen-bond donors (Lipinski definition) is 0. The highest BCUT2D eigenvalue weighted by Gasteiger charge is 2.09. The zero-order valence-corrected chi connectivity index (χ0v) is 10.9. The molecular weight excluding hydrogens is 254 g/mol. The molecule has 0 unspecified atom stereocenters. The van der Waals surface area contributed by atoms with Gasteiger partial charge in [-0.2, -0.15) is 0 Å². The molecule has 0 saturated heterocycles. The van der Waals surface area contributed by atoms with Crippen LogP contribution >= 0.6 is 0 Å². The molecule has 0 aliphatic carbocycles. The van der Waals surface area contributed by atoms with Crippen molar-refractivity contribution in [1.29, 1.82) is 0 Å². The number of rotatable bonds is 4. The molecule has 100 valence electrons. The number of benzene rings is 2. The third-order valence-corrected chi connectivity index (χ3v) is 2.82. The maximum atomic E-state index is 11.4. The zero-order chi connectivity index (χ0) is 14.5. The molecule has 4 heteroatoms. The van der Waals surface area contributed by atoms with E-state index in [-0.39, 0.29) is 11.5 Å². The van der Waals surface area contributed by atoms with E-state index >= 15 is 0 Å². The first-order valence-electron chi connectivity index (χ1n) is 6.10. The van der Waals surface area contributed by atoms with E-state index < -0.39 is 4.92 Å². The van der Waals surface area contributed by atoms with Crippen molar-refractivity contribution in [3.63, 3.8) is 0 Å². The largest absolute Gasteiger partial charge is 0.295 e. The first kappa shape index (κ1) is 13.7. The van der Waals surface area contributed by atoms with Gasteiger partial charge in [0, 0.05) is 12.1 Å². The Bertz CT molecular complexity index is 658. The summed E-state index contributed by atoms with van der Waals surface area (Å²) in [4.78, 5) is 21.6. The highest BCUT2D eigenvalue weighted by Crippen LogP contribution is 2.25. The molecule has 0 aliphatic rings. The molecule has 0 atom stereocenters. The molecule has 2 aromatic carbocycles. The predicted molar refractivity (Wildman–Crippen MR) is 77.3 cm³/mol. The summed E-state index contributed by atoms with van der Waals surface area (Å²) in [6.45, 7) is 1.48. The van der Waals surface area contributed by atoms with E-state index in [0.717, 1.165) is 16.7 Å². The van der Waals surface area contributed by atoms with Crippen LogP contribution in [0.25, 0.3) is 5.57 Å². The summed E-state index contributed by atoms with van der Waals surface area (Å²) in [5.41, 5.74) is 2.46. The monoisotopic (exact) mass is 267 g/mol. The molecule has 2 rings (SSSR count). The maximum absolute atomic E-state index is 11.4. The number of allylic oxidation sites excluding steroid dienone is 1. The topological polar surface area (TPSA) is 60.2 Å². The SMILES string of the molecule is CC(=O)/C=C(/c1ccccc1)c1ccc([N+](=O)[O-])cc1. The minimum absolute atomic E-state index is 0.0315. The van der Waals surface area contributed by atoms with Gasteiger partial charge >= 0.3 is 0 Å². The first-order chi connectivity index (χ1) is 9.58. The average Bonchev–Trinajstić information content (AvgIpc) is 2.45. The molecule has 2 aromatic rings. The van der Waals surface area contributed by atoms with E-state index in [9.17, 15) is 14.9 Å². The lowest BCUT2D eigenvalue weighted by atomic mass is 9.96. The maximum Gasteiger partial charge on any atom is 0.269 e. The highest BCUT2D eigenvalue weighted by atomic mass is 16.6. The Hall–Kier alpha value is -2.75. The zero-order valence-electron chi connectivity index (χ0n) is 10.9. The minimum atomic E-state index is -0.444. The van der Waals surface area contributed by atoms with Crippen LogP contribution in [0.1, 0.15) is 18.1 Å². The molecule has 0 saturated carbocycles. The van der Waals surface area contributed by atoms with Gasteiger partial charge in [0.05, 0.1) is 4.92 Å². The van der Waals surface area contributed by atoms with Crippen molar-refractivity contribution in [3.05, 3.63) is 81.9 Å². The molecule has 4 nitrogen and oxygen atoms in total. The number of non-ortho nitro benzene ring substituents is 1. The van der Waals surface area contributed by atoms with Crippen LogP contribution in [0.4, 0.5) is 5.69 Å². The molecule has 0 aliphatic heterocycles. The van der Waals surface area contributed by atoms with Gasteiger partial charge in [-0.15, -0.1) is 0 Å². The number of ketones is 1. The lowest BCUT2D eigenvalue weighted by Crippen LogP contribution is -1.93. The second kappa shape index (κ2) is 5.93. The van der Waals surface area contributed by atoms with Crippen LogP contribution in [-0.2, 0) is 4.79 Å². The fourth-order valence-corrected chi connectivity index (χ4v) is 1.92. The lowest BCUT2D eigenvalue weighted by molar-refractivity contribution is -0.384. The average molecular weight is 267 g/mol. The highest BCUT2D eigenvalue weighted by molar-refractivity contribution is 5.99. The summed E-state index contributed by atoms with van der Waals surface area (Å²) in [5, 5.41) is 10.7. The van der Waals surface area contributed by atoms with Crippen molar-refractivity contribution in [2.24, 2.45) is 0 Å². The fraction of sp³-hybridized carbons (Fsp3) is 0.0625. The molecule has 0 aromatic heterocycles. The second-order valence-corrected chi connectivity index (χ2v) is 4.34. The molecule has 0 N–H and O–H groups in total. The van der Waals surface area contributed by atoms with Crippen molar-refractivity contribution < 1.29 is 9.72 Å². The molecule has 20 heavy (non-hydrogen) atoms. The van der Waals surface area contributed by atoms with Crippen LogP contribution in [0.5, 0.6) is 0 Å². The number of nitrogens with zero attached hydrogens (tertiary/aromatic N) is 1. The van der Waals surface area contributed by atoms with Crippen LogP contribution in [0.3, 0.4) is 0 Å². The van der Waals surface area contributed by atoms with Gasteiger partial charge in [-0.3, -0.25) is 14.9 Å². The normalized spacial score (nSPS) is 11.2. The van der Waals surface area contributed by atoms with Gasteiger partial charge in [0.2, 0.25) is 0 Å². The second-order valence-electron chi connectivity index (χ2n) is 4.34. The molecule has 0 spiro atoms. The lowest BCUT2D eigenvalue weighted by Gasteiger charge is -2.07. The Morgan fingerprint density at radius 2 is 1.55 bits per heavy atom. The minimum Gasteiger partial charge on any atom is -0.295 e. The summed E-state index contributed by atoms with van der Waals surface area (Å²) in [6.07, 6.45) is 1.54. The van der Waals surface area contributed by atoms with Gasteiger partial charge in [-0.05, 0) is 41.8 Å². The Morgan fingerprint density at radius 3 is 2.05 bits per heavy atom. The molecule has 0 radical (unpaired) electrons. The summed E-state index contributed by atoms with van der Waals surface area (Å²) in [6, 6.07) is 15.6. The van der Waals surface area contributed by atoms with Crippen LogP contribution < -0.4 is 0 Å². The van der Waals surface area contributed by atoms with Crippen LogP contribution in [0.15, 0.2) is 60.7 Å². The van der Waals surface area contributed by atoms with Crippen LogP contribution in [0.2, 0.25) is 0 Å². The van der Waals surface area contributed by atoms with E-state index in [1.54, 1.807) is 12.1 Å². The van der Waals surface area contributed by atoms with Gasteiger partial charge in [0.25, 0.3) is 5.69 Å². The quantitative estimate of drug-likeness (QED) is 0.483. The third kappa shape index (κ3) is 3.17. The number of nitro groups is 1. The summed E-state index contributed by atoms with van der Waals surface area (Å²) >= 11 is 0. The number of carbonyl (C=O) groups excluding carboxylic acids is 1. The van der Waals surface area contributed by atoms with E-state index in [0.29, 0.717) is 0 Å². The molecule has 0 bridgehead atoms. The van der Waals surface area contributed by atoms with Crippen molar-refractivity contribution in [1.82, 2.24) is 0 Å². The Balaban J connectivity index is 2.48. The third-order valence-electron chi connectivity index (χ3n) is 2.82. The van der Waals surface area contributed by atoms with Gasteiger partial charge in [-0.25, -0.2) is 0 Å². The predicted octanol–water partition coefficient (Wildman–Crippen LogP) is 3.62. The van der Waals surface area contributed by atoms with Gasteiger partial charge in [0.1, 0.15) is 0 Å². The van der Waals surface area contributed by atoms with Crippen molar-refractivity contribution in [2.75, 3.05) is 0 Å². The Kier molecular flexibility index (Phi) is 4.05. The van der Waals surface area contributed by atoms with Gasteiger partial charge in [0.15, 0.2) is 5.78 Å². The Morgan fingerprint density at radius 1 is 1.00 bits per heavy atom. The molecular formula is C16H13NO3. The number of nitro benzene ring substituents is 1. The summed E-state index contributed by atoms with van der Waals surface area (Å²) < 4.78 is 0. The Labute approximate surface area is 116 Å². The first-order valence-corrected chi connectivity index (χ1v) is 6.10. The van der Waals surface area contributed by atoms with E-state index in [1.807, 2.05) is 30.3 Å². The smallest absolute Gasteiger partial charge is 0.269 e. The van der Waals surface area contributed by atoms with Gasteiger partial charge in [-0.1, -0.05) is 30.3 Å². The van der Waals surface area contributed by atoms with Crippen molar-refractivity contribution in [2.45, 2.75) is 6.92 Å². The fourth-order valence-electron chi connectivity index (χ4n) is 1.92. The van der Waals surface area contributed by atoms with Crippen LogP contribution in [0, 0.1) is 10.1 Å². The summed E-state index contributed by atoms with van der Waals surface area (Å²) in [7, 11) is 0. The molecule has 0 heterocycles. The molecule has 0 fully saturated rings. The standard InChI is InChI=1S/C16H13NO3/c1-12(18)11-16(13-5-3-2-4-6-13)14-7-9-15(10-8-14)17(19)20/h2-11H,1H3/b16-11-. The van der Waals surface area contributed by atoms with Crippen LogP contribution in [-0.4, -0.2) is 10.7 Å². The number of carbonyl (C=O) groups is 1. The van der Waals surface area contributed by atoms with Crippen molar-refractivity contribution in [3.8, 4) is 0 Å². The van der Waals surface area contributed by atoms with Crippen molar-refractivity contribution >= 4 is 17.0 Å². The molecule has 0 amide bonds. The van der Waals surface area contributed by atoms with E-state index in [1.165, 1.54) is 25.1 Å². The van der Waals surface area contributed by atoms with E-state index in [4.69, 9.17) is 0 Å². The number of hydrogen-bond acceptors (Lipinski definition) is 3.